The summed E-state index contributed by atoms with van der Waals surface area (Å²) in [4.78, 5) is 0. The second kappa shape index (κ2) is 6.59. The van der Waals surface area contributed by atoms with Crippen molar-refractivity contribution in [3.05, 3.63) is 12.2 Å². The summed E-state index contributed by atoms with van der Waals surface area (Å²) in [7, 11) is 0. The molecule has 0 rings (SSSR count). The van der Waals surface area contributed by atoms with E-state index in [1.807, 2.05) is 0 Å². The lowest BCUT2D eigenvalue weighted by molar-refractivity contribution is 0.772. The van der Waals surface area contributed by atoms with Gasteiger partial charge in [-0.25, -0.2) is 0 Å². The van der Waals surface area contributed by atoms with E-state index in [9.17, 15) is 0 Å². The molecular formula is C8H15I. The van der Waals surface area contributed by atoms with Crippen molar-refractivity contribution in [3.63, 3.8) is 0 Å². The van der Waals surface area contributed by atoms with Crippen LogP contribution in [0.5, 0.6) is 0 Å². The Hall–Kier alpha value is 0.470. The van der Waals surface area contributed by atoms with E-state index in [-0.39, 0.29) is 0 Å². The van der Waals surface area contributed by atoms with E-state index in [1.54, 1.807) is 0 Å². The monoisotopic (exact) mass is 238 g/mol. The predicted octanol–water partition coefficient (Wildman–Crippen LogP) is 3.56. The fraction of sp³-hybridized carbons (Fsp3) is 0.750. The van der Waals surface area contributed by atoms with Gasteiger partial charge in [0, 0.05) is 4.43 Å². The SMILES string of the molecule is C=C(CCI)CCCC. The number of allylic oxidation sites excluding steroid dienone is 1. The van der Waals surface area contributed by atoms with E-state index in [0.29, 0.717) is 0 Å². The molecule has 0 saturated carbocycles. The lowest BCUT2D eigenvalue weighted by atomic mass is 10.1. The highest BCUT2D eigenvalue weighted by Crippen LogP contribution is 2.09. The van der Waals surface area contributed by atoms with Gasteiger partial charge in [-0.15, -0.1) is 0 Å². The van der Waals surface area contributed by atoms with Gasteiger partial charge in [0.05, 0.1) is 0 Å². The molecule has 0 nitrogen and oxygen atoms in total. The van der Waals surface area contributed by atoms with Crippen LogP contribution in [0.25, 0.3) is 0 Å². The number of hydrogen-bond acceptors (Lipinski definition) is 0. The largest absolute Gasteiger partial charge is 0.0998 e. The van der Waals surface area contributed by atoms with Gasteiger partial charge >= 0.3 is 0 Å². The molecule has 0 N–H and O–H groups in total. The third kappa shape index (κ3) is 6.35. The lowest BCUT2D eigenvalue weighted by Gasteiger charge is -1.99. The Labute approximate surface area is 71.9 Å². The molecule has 0 amide bonds. The van der Waals surface area contributed by atoms with E-state index in [4.69, 9.17) is 0 Å². The number of halogens is 1. The molecular weight excluding hydrogens is 223 g/mol. The summed E-state index contributed by atoms with van der Waals surface area (Å²) >= 11 is 2.39. The van der Waals surface area contributed by atoms with Gasteiger partial charge in [-0.3, -0.25) is 0 Å². The second-order valence-corrected chi connectivity index (χ2v) is 3.37. The first-order valence-corrected chi connectivity index (χ1v) is 5.06. The van der Waals surface area contributed by atoms with E-state index < -0.39 is 0 Å². The molecule has 0 aliphatic heterocycles. The van der Waals surface area contributed by atoms with Gasteiger partial charge in [0.15, 0.2) is 0 Å². The minimum absolute atomic E-state index is 1.21. The summed E-state index contributed by atoms with van der Waals surface area (Å²) in [6, 6.07) is 0. The van der Waals surface area contributed by atoms with Gasteiger partial charge in [-0.1, -0.05) is 48.1 Å². The minimum Gasteiger partial charge on any atom is -0.0998 e. The van der Waals surface area contributed by atoms with Crippen LogP contribution in [0.15, 0.2) is 12.2 Å². The van der Waals surface area contributed by atoms with E-state index in [1.165, 1.54) is 35.7 Å². The first kappa shape index (κ1) is 9.47. The quantitative estimate of drug-likeness (QED) is 0.390. The molecule has 0 aliphatic carbocycles. The van der Waals surface area contributed by atoms with E-state index in [2.05, 4.69) is 36.1 Å². The van der Waals surface area contributed by atoms with E-state index in [0.717, 1.165) is 0 Å². The Balaban J connectivity index is 3.06. The molecule has 0 aliphatic rings. The van der Waals surface area contributed by atoms with Crippen LogP contribution in [-0.4, -0.2) is 4.43 Å². The van der Waals surface area contributed by atoms with Crippen LogP contribution in [0.2, 0.25) is 0 Å². The fourth-order valence-electron chi connectivity index (χ4n) is 0.685. The highest BCUT2D eigenvalue weighted by Gasteiger charge is 1.90. The minimum atomic E-state index is 1.21. The van der Waals surface area contributed by atoms with Crippen molar-refractivity contribution in [2.45, 2.75) is 32.6 Å². The molecule has 1 heteroatoms. The molecule has 0 heterocycles. The Morgan fingerprint density at radius 3 is 2.56 bits per heavy atom. The summed E-state index contributed by atoms with van der Waals surface area (Å²) < 4.78 is 1.22. The van der Waals surface area contributed by atoms with Crippen LogP contribution in [-0.2, 0) is 0 Å². The zero-order valence-electron chi connectivity index (χ0n) is 6.12. The van der Waals surface area contributed by atoms with Crippen LogP contribution in [0, 0.1) is 0 Å². The smallest absolute Gasteiger partial charge is 0.00324 e. The molecule has 0 bridgehead atoms. The van der Waals surface area contributed by atoms with Crippen molar-refractivity contribution in [2.24, 2.45) is 0 Å². The van der Waals surface area contributed by atoms with Gasteiger partial charge in [0.25, 0.3) is 0 Å². The average molecular weight is 238 g/mol. The highest BCUT2D eigenvalue weighted by atomic mass is 127. The fourth-order valence-corrected chi connectivity index (χ4v) is 1.45. The third-order valence-corrected chi connectivity index (χ3v) is 1.87. The van der Waals surface area contributed by atoms with E-state index >= 15 is 0 Å². The summed E-state index contributed by atoms with van der Waals surface area (Å²) in [6.07, 6.45) is 5.05. The van der Waals surface area contributed by atoms with Crippen molar-refractivity contribution in [2.75, 3.05) is 4.43 Å². The van der Waals surface area contributed by atoms with Crippen LogP contribution >= 0.6 is 22.6 Å². The Bertz CT molecular complexity index is 76.6. The van der Waals surface area contributed by atoms with Gasteiger partial charge < -0.3 is 0 Å². The summed E-state index contributed by atoms with van der Waals surface area (Å²) in [5, 5.41) is 0. The molecule has 0 aromatic heterocycles. The number of alkyl halides is 1. The zero-order valence-corrected chi connectivity index (χ0v) is 8.28. The van der Waals surface area contributed by atoms with Crippen LogP contribution in [0.1, 0.15) is 32.6 Å². The Morgan fingerprint density at radius 1 is 1.44 bits per heavy atom. The number of unbranched alkanes of at least 4 members (excludes halogenated alkanes) is 1. The first-order valence-electron chi connectivity index (χ1n) is 3.54. The maximum atomic E-state index is 3.98. The average Bonchev–Trinajstić information content (AvgIpc) is 1.85. The molecule has 0 aromatic rings. The molecule has 0 aromatic carbocycles. The Morgan fingerprint density at radius 2 is 2.11 bits per heavy atom. The van der Waals surface area contributed by atoms with Gasteiger partial charge in [0.2, 0.25) is 0 Å². The second-order valence-electron chi connectivity index (χ2n) is 2.29. The van der Waals surface area contributed by atoms with Crippen molar-refractivity contribution in [3.8, 4) is 0 Å². The Kier molecular flexibility index (Phi) is 6.93. The maximum Gasteiger partial charge on any atom is 0.00324 e. The highest BCUT2D eigenvalue weighted by molar-refractivity contribution is 14.1. The van der Waals surface area contributed by atoms with Gasteiger partial charge in [0.1, 0.15) is 0 Å². The number of rotatable bonds is 5. The molecule has 0 fully saturated rings. The molecule has 0 unspecified atom stereocenters. The summed E-state index contributed by atoms with van der Waals surface area (Å²) in [6.45, 7) is 6.20. The van der Waals surface area contributed by atoms with Crippen molar-refractivity contribution >= 4 is 22.6 Å². The van der Waals surface area contributed by atoms with Crippen LogP contribution in [0.4, 0.5) is 0 Å². The van der Waals surface area contributed by atoms with Crippen molar-refractivity contribution in [1.82, 2.24) is 0 Å². The van der Waals surface area contributed by atoms with Gasteiger partial charge in [-0.2, -0.15) is 0 Å². The molecule has 54 valence electrons. The molecule has 9 heavy (non-hydrogen) atoms. The zero-order chi connectivity index (χ0) is 7.11. The standard InChI is InChI=1S/C8H15I/c1-3-4-5-8(2)6-7-9/h2-7H2,1H3. The van der Waals surface area contributed by atoms with Crippen molar-refractivity contribution in [1.29, 1.82) is 0 Å². The predicted molar refractivity (Wildman–Crippen MR) is 52.2 cm³/mol. The van der Waals surface area contributed by atoms with Gasteiger partial charge in [-0.05, 0) is 19.3 Å². The topological polar surface area (TPSA) is 0 Å². The molecule has 0 saturated heterocycles. The van der Waals surface area contributed by atoms with Crippen LogP contribution in [0.3, 0.4) is 0 Å². The maximum absolute atomic E-state index is 3.98. The number of hydrogen-bond donors (Lipinski definition) is 0. The van der Waals surface area contributed by atoms with Crippen molar-refractivity contribution < 1.29 is 0 Å². The molecule has 0 radical (unpaired) electrons. The lowest BCUT2D eigenvalue weighted by Crippen LogP contribution is -1.82. The summed E-state index contributed by atoms with van der Waals surface area (Å²) in [5.74, 6) is 0. The summed E-state index contributed by atoms with van der Waals surface area (Å²) in [5.41, 5.74) is 1.42. The normalized spacial score (nSPS) is 9.56. The molecule has 0 atom stereocenters. The first-order chi connectivity index (χ1) is 4.31. The van der Waals surface area contributed by atoms with Crippen LogP contribution < -0.4 is 0 Å². The third-order valence-electron chi connectivity index (χ3n) is 1.33. The molecule has 0 spiro atoms.